The van der Waals surface area contributed by atoms with Crippen LogP contribution in [-0.4, -0.2) is 30.6 Å². The van der Waals surface area contributed by atoms with E-state index in [1.807, 2.05) is 12.1 Å². The number of benzene rings is 1. The third kappa shape index (κ3) is 4.44. The van der Waals surface area contributed by atoms with Crippen LogP contribution in [0.3, 0.4) is 0 Å². The molecule has 0 saturated carbocycles. The summed E-state index contributed by atoms with van der Waals surface area (Å²) < 4.78 is 13.0. The Morgan fingerprint density at radius 3 is 2.67 bits per heavy atom. The Morgan fingerprint density at radius 1 is 1.17 bits per heavy atom. The van der Waals surface area contributed by atoms with Crippen LogP contribution in [0.5, 0.6) is 0 Å². The van der Waals surface area contributed by atoms with Crippen LogP contribution in [0.15, 0.2) is 48.8 Å². The third-order valence-electron chi connectivity index (χ3n) is 4.23. The first kappa shape index (κ1) is 16.2. The number of hydrogen-bond acceptors (Lipinski definition) is 3. The molecular weight excluding hydrogens is 307 g/mol. The van der Waals surface area contributed by atoms with Crippen molar-refractivity contribution in [3.05, 3.63) is 60.2 Å². The van der Waals surface area contributed by atoms with E-state index < -0.39 is 0 Å². The van der Waals surface area contributed by atoms with Crippen LogP contribution in [0, 0.1) is 11.7 Å². The lowest BCUT2D eigenvalue weighted by Gasteiger charge is -2.19. The van der Waals surface area contributed by atoms with Gasteiger partial charge in [0.05, 0.1) is 0 Å². The lowest BCUT2D eigenvalue weighted by atomic mass is 10.1. The van der Waals surface area contributed by atoms with Crippen molar-refractivity contribution >= 4 is 11.7 Å². The summed E-state index contributed by atoms with van der Waals surface area (Å²) in [6.45, 7) is 2.92. The van der Waals surface area contributed by atoms with Gasteiger partial charge in [-0.3, -0.25) is 4.98 Å². The van der Waals surface area contributed by atoms with Gasteiger partial charge in [0.1, 0.15) is 5.82 Å². The van der Waals surface area contributed by atoms with Gasteiger partial charge in [-0.05, 0) is 54.3 Å². The smallest absolute Gasteiger partial charge is 0.315 e. The van der Waals surface area contributed by atoms with Crippen molar-refractivity contribution in [2.24, 2.45) is 5.92 Å². The van der Waals surface area contributed by atoms with E-state index in [0.717, 1.165) is 30.8 Å². The number of pyridine rings is 1. The molecule has 1 aliphatic rings. The van der Waals surface area contributed by atoms with Crippen molar-refractivity contribution in [1.29, 1.82) is 0 Å². The third-order valence-corrected chi connectivity index (χ3v) is 4.23. The van der Waals surface area contributed by atoms with E-state index >= 15 is 0 Å². The topological polar surface area (TPSA) is 57.3 Å². The highest BCUT2D eigenvalue weighted by atomic mass is 19.1. The maximum atomic E-state index is 13.0. The van der Waals surface area contributed by atoms with Crippen LogP contribution in [0.4, 0.5) is 14.9 Å². The summed E-state index contributed by atoms with van der Waals surface area (Å²) in [6, 6.07) is 10.1. The van der Waals surface area contributed by atoms with Crippen LogP contribution < -0.4 is 15.5 Å². The van der Waals surface area contributed by atoms with Crippen molar-refractivity contribution in [2.45, 2.75) is 13.0 Å². The Hall–Kier alpha value is -2.63. The number of nitrogens with one attached hydrogen (secondary N) is 2. The van der Waals surface area contributed by atoms with Gasteiger partial charge in [0.2, 0.25) is 0 Å². The molecule has 5 nitrogen and oxygen atoms in total. The Kier molecular flexibility index (Phi) is 5.25. The van der Waals surface area contributed by atoms with Crippen molar-refractivity contribution in [1.82, 2.24) is 15.6 Å². The monoisotopic (exact) mass is 328 g/mol. The molecule has 6 heteroatoms. The standard InChI is InChI=1S/C18H21FN4O/c19-16-1-3-17(4-2-16)23-10-7-15(13-23)12-22-18(24)21-11-14-5-8-20-9-6-14/h1-6,8-9,15H,7,10-13H2,(H2,21,22,24). The van der Waals surface area contributed by atoms with Gasteiger partial charge in [0.15, 0.2) is 0 Å². The molecule has 0 bridgehead atoms. The molecule has 3 rings (SSSR count). The number of rotatable bonds is 5. The first-order valence-electron chi connectivity index (χ1n) is 8.12. The van der Waals surface area contributed by atoms with Gasteiger partial charge in [0, 0.05) is 44.3 Å². The van der Waals surface area contributed by atoms with Crippen LogP contribution >= 0.6 is 0 Å². The highest BCUT2D eigenvalue weighted by Crippen LogP contribution is 2.23. The molecule has 0 aliphatic carbocycles. The molecule has 2 amide bonds. The second kappa shape index (κ2) is 7.77. The summed E-state index contributed by atoms with van der Waals surface area (Å²) in [7, 11) is 0. The second-order valence-corrected chi connectivity index (χ2v) is 6.00. The van der Waals surface area contributed by atoms with Crippen molar-refractivity contribution < 1.29 is 9.18 Å². The van der Waals surface area contributed by atoms with Crippen molar-refractivity contribution in [3.63, 3.8) is 0 Å². The molecular formula is C18H21FN4O. The Morgan fingerprint density at radius 2 is 1.92 bits per heavy atom. The summed E-state index contributed by atoms with van der Waals surface area (Å²) in [5, 5.41) is 5.76. The first-order chi connectivity index (χ1) is 11.7. The van der Waals surface area contributed by atoms with Crippen LogP contribution in [-0.2, 0) is 6.54 Å². The Balaban J connectivity index is 1.39. The molecule has 1 aliphatic heterocycles. The molecule has 1 unspecified atom stereocenters. The molecule has 1 atom stereocenters. The molecule has 2 N–H and O–H groups in total. The fourth-order valence-corrected chi connectivity index (χ4v) is 2.87. The molecule has 126 valence electrons. The summed E-state index contributed by atoms with van der Waals surface area (Å²) in [5.41, 5.74) is 2.05. The van der Waals surface area contributed by atoms with Gasteiger partial charge in [-0.1, -0.05) is 0 Å². The predicted octanol–water partition coefficient (Wildman–Crippen LogP) is 2.55. The fraction of sp³-hybridized carbons (Fsp3) is 0.333. The zero-order valence-corrected chi connectivity index (χ0v) is 13.4. The van der Waals surface area contributed by atoms with E-state index in [-0.39, 0.29) is 11.8 Å². The van der Waals surface area contributed by atoms with Gasteiger partial charge in [-0.15, -0.1) is 0 Å². The molecule has 1 saturated heterocycles. The van der Waals surface area contributed by atoms with Gasteiger partial charge in [-0.25, -0.2) is 9.18 Å². The maximum Gasteiger partial charge on any atom is 0.315 e. The minimum Gasteiger partial charge on any atom is -0.371 e. The SMILES string of the molecule is O=C(NCc1ccncc1)NCC1CCN(c2ccc(F)cc2)C1. The van der Waals surface area contributed by atoms with E-state index in [2.05, 4.69) is 20.5 Å². The molecule has 1 fully saturated rings. The van der Waals surface area contributed by atoms with Gasteiger partial charge >= 0.3 is 6.03 Å². The summed E-state index contributed by atoms with van der Waals surface area (Å²) in [6.07, 6.45) is 4.43. The van der Waals surface area contributed by atoms with Gasteiger partial charge in [0.25, 0.3) is 0 Å². The summed E-state index contributed by atoms with van der Waals surface area (Å²) in [5.74, 6) is 0.184. The first-order valence-corrected chi connectivity index (χ1v) is 8.12. The zero-order valence-electron chi connectivity index (χ0n) is 13.4. The highest BCUT2D eigenvalue weighted by Gasteiger charge is 2.23. The summed E-state index contributed by atoms with van der Waals surface area (Å²) in [4.78, 5) is 18.0. The fourth-order valence-electron chi connectivity index (χ4n) is 2.87. The highest BCUT2D eigenvalue weighted by molar-refractivity contribution is 5.73. The number of amides is 2. The summed E-state index contributed by atoms with van der Waals surface area (Å²) >= 11 is 0. The van der Waals surface area contributed by atoms with E-state index in [0.29, 0.717) is 19.0 Å². The average Bonchev–Trinajstić information content (AvgIpc) is 3.09. The minimum atomic E-state index is -0.220. The number of carbonyl (C=O) groups is 1. The lowest BCUT2D eigenvalue weighted by molar-refractivity contribution is 0.239. The Labute approximate surface area is 140 Å². The maximum absolute atomic E-state index is 13.0. The predicted molar refractivity (Wildman–Crippen MR) is 91.2 cm³/mol. The van der Waals surface area contributed by atoms with Crippen LogP contribution in [0.25, 0.3) is 0 Å². The van der Waals surface area contributed by atoms with Crippen molar-refractivity contribution in [3.8, 4) is 0 Å². The van der Waals surface area contributed by atoms with E-state index in [1.54, 1.807) is 24.5 Å². The molecule has 24 heavy (non-hydrogen) atoms. The lowest BCUT2D eigenvalue weighted by Crippen LogP contribution is -2.38. The molecule has 2 heterocycles. The molecule has 1 aromatic carbocycles. The van der Waals surface area contributed by atoms with Gasteiger partial charge in [-0.2, -0.15) is 0 Å². The van der Waals surface area contributed by atoms with Gasteiger partial charge < -0.3 is 15.5 Å². The number of hydrogen-bond donors (Lipinski definition) is 2. The molecule has 0 spiro atoms. The number of anilines is 1. The number of urea groups is 1. The minimum absolute atomic E-state index is 0.160. The van der Waals surface area contributed by atoms with Crippen LogP contribution in [0.2, 0.25) is 0 Å². The number of aromatic nitrogens is 1. The normalized spacial score (nSPS) is 16.9. The molecule has 1 aromatic heterocycles. The molecule has 2 aromatic rings. The van der Waals surface area contributed by atoms with E-state index in [4.69, 9.17) is 0 Å². The second-order valence-electron chi connectivity index (χ2n) is 6.00. The zero-order chi connectivity index (χ0) is 16.8. The Bertz CT molecular complexity index is 662. The van der Waals surface area contributed by atoms with E-state index in [9.17, 15) is 9.18 Å². The van der Waals surface area contributed by atoms with Crippen LogP contribution in [0.1, 0.15) is 12.0 Å². The van der Waals surface area contributed by atoms with Crippen molar-refractivity contribution in [2.75, 3.05) is 24.5 Å². The number of carbonyl (C=O) groups excluding carboxylic acids is 1. The number of nitrogens with zero attached hydrogens (tertiary/aromatic N) is 2. The quantitative estimate of drug-likeness (QED) is 0.887. The molecule has 0 radical (unpaired) electrons. The average molecular weight is 328 g/mol. The largest absolute Gasteiger partial charge is 0.371 e. The number of halogens is 1. The van der Waals surface area contributed by atoms with E-state index in [1.165, 1.54) is 12.1 Å².